The Hall–Kier alpha value is -0.730. The molecular formula is C7H12N2O. The molecule has 1 saturated carbocycles. The SMILES string of the molecule is [CH2]NC(=O)[N]C1CCCC1. The van der Waals surface area contributed by atoms with Crippen molar-refractivity contribution < 1.29 is 4.79 Å². The van der Waals surface area contributed by atoms with Gasteiger partial charge in [0, 0.05) is 7.05 Å². The zero-order valence-corrected chi connectivity index (χ0v) is 5.97. The van der Waals surface area contributed by atoms with E-state index in [-0.39, 0.29) is 12.1 Å². The van der Waals surface area contributed by atoms with Gasteiger partial charge in [0.25, 0.3) is 0 Å². The summed E-state index contributed by atoms with van der Waals surface area (Å²) in [5, 5.41) is 6.12. The van der Waals surface area contributed by atoms with Gasteiger partial charge in [-0.05, 0) is 12.8 Å². The first-order chi connectivity index (χ1) is 4.83. The second kappa shape index (κ2) is 3.44. The van der Waals surface area contributed by atoms with E-state index in [9.17, 15) is 4.79 Å². The second-order valence-corrected chi connectivity index (χ2v) is 2.55. The van der Waals surface area contributed by atoms with Crippen LogP contribution in [0.25, 0.3) is 0 Å². The van der Waals surface area contributed by atoms with Crippen LogP contribution in [0.1, 0.15) is 25.7 Å². The van der Waals surface area contributed by atoms with Gasteiger partial charge in [-0.2, -0.15) is 0 Å². The summed E-state index contributed by atoms with van der Waals surface area (Å²) in [6.07, 6.45) is 4.54. The molecular weight excluding hydrogens is 128 g/mol. The lowest BCUT2D eigenvalue weighted by Gasteiger charge is -2.06. The molecule has 0 heterocycles. The maximum absolute atomic E-state index is 10.6. The molecule has 1 N–H and O–H groups in total. The number of urea groups is 1. The van der Waals surface area contributed by atoms with E-state index in [4.69, 9.17) is 0 Å². The third-order valence-electron chi connectivity index (χ3n) is 1.78. The molecule has 0 atom stereocenters. The van der Waals surface area contributed by atoms with Crippen LogP contribution in [-0.4, -0.2) is 12.1 Å². The van der Waals surface area contributed by atoms with Crippen LogP contribution in [0.2, 0.25) is 0 Å². The van der Waals surface area contributed by atoms with Crippen LogP contribution >= 0.6 is 0 Å². The van der Waals surface area contributed by atoms with Gasteiger partial charge in [0.2, 0.25) is 0 Å². The first-order valence-corrected chi connectivity index (χ1v) is 3.61. The van der Waals surface area contributed by atoms with Gasteiger partial charge >= 0.3 is 6.03 Å². The number of amides is 2. The van der Waals surface area contributed by atoms with Crippen LogP contribution in [0.15, 0.2) is 0 Å². The molecule has 0 saturated heterocycles. The van der Waals surface area contributed by atoms with E-state index in [1.807, 2.05) is 0 Å². The Balaban J connectivity index is 2.17. The molecule has 0 unspecified atom stereocenters. The van der Waals surface area contributed by atoms with E-state index in [1.54, 1.807) is 0 Å². The second-order valence-electron chi connectivity index (χ2n) is 2.55. The summed E-state index contributed by atoms with van der Waals surface area (Å²) in [5.41, 5.74) is 0. The number of nitrogens with one attached hydrogen (secondary N) is 1. The van der Waals surface area contributed by atoms with Gasteiger partial charge in [-0.3, -0.25) is 0 Å². The van der Waals surface area contributed by atoms with Crippen molar-refractivity contribution in [3.8, 4) is 0 Å². The van der Waals surface area contributed by atoms with Crippen molar-refractivity contribution in [1.82, 2.24) is 10.6 Å². The van der Waals surface area contributed by atoms with Crippen LogP contribution in [0.3, 0.4) is 0 Å². The third-order valence-corrected chi connectivity index (χ3v) is 1.78. The topological polar surface area (TPSA) is 43.2 Å². The Morgan fingerprint density at radius 1 is 1.50 bits per heavy atom. The number of carbonyl (C=O) groups is 1. The van der Waals surface area contributed by atoms with Crippen molar-refractivity contribution in [2.24, 2.45) is 0 Å². The molecule has 3 nitrogen and oxygen atoms in total. The molecule has 1 aliphatic rings. The number of carbonyl (C=O) groups excluding carboxylic acids is 1. The Bertz CT molecular complexity index is 119. The lowest BCUT2D eigenvalue weighted by atomic mass is 10.3. The number of rotatable bonds is 1. The molecule has 0 aromatic heterocycles. The molecule has 1 rings (SSSR count). The van der Waals surface area contributed by atoms with E-state index in [0.717, 1.165) is 12.8 Å². The lowest BCUT2D eigenvalue weighted by Crippen LogP contribution is -2.31. The summed E-state index contributed by atoms with van der Waals surface area (Å²) < 4.78 is 0. The summed E-state index contributed by atoms with van der Waals surface area (Å²) in [6.45, 7) is 0. The standard InChI is InChI=1S/C7H12N2O/c1-8-7(10)9-6-4-2-3-5-6/h6H,1-5H2,(H,8,10). The van der Waals surface area contributed by atoms with Gasteiger partial charge in [0.05, 0.1) is 6.04 Å². The molecule has 0 spiro atoms. The highest BCUT2D eigenvalue weighted by Gasteiger charge is 2.17. The predicted octanol–water partition coefficient (Wildman–Crippen LogP) is 1.03. The first kappa shape index (κ1) is 7.38. The zero-order chi connectivity index (χ0) is 7.40. The summed E-state index contributed by atoms with van der Waals surface area (Å²) in [5.74, 6) is 0. The molecule has 0 aromatic carbocycles. The van der Waals surface area contributed by atoms with Crippen molar-refractivity contribution >= 4 is 6.03 Å². The molecule has 3 heteroatoms. The van der Waals surface area contributed by atoms with Gasteiger partial charge in [0.15, 0.2) is 0 Å². The maximum Gasteiger partial charge on any atom is 0.336 e. The van der Waals surface area contributed by atoms with Gasteiger partial charge in [0.1, 0.15) is 0 Å². The highest BCUT2D eigenvalue weighted by molar-refractivity contribution is 5.73. The summed E-state index contributed by atoms with van der Waals surface area (Å²) in [4.78, 5) is 10.6. The van der Waals surface area contributed by atoms with Crippen LogP contribution in [-0.2, 0) is 0 Å². The minimum Gasteiger partial charge on any atom is -0.335 e. The third kappa shape index (κ3) is 1.90. The van der Waals surface area contributed by atoms with E-state index < -0.39 is 0 Å². The summed E-state index contributed by atoms with van der Waals surface area (Å²) in [6, 6.07) is -0.0198. The van der Waals surface area contributed by atoms with Crippen LogP contribution in [0.5, 0.6) is 0 Å². The molecule has 0 bridgehead atoms. The van der Waals surface area contributed by atoms with Crippen LogP contribution < -0.4 is 10.6 Å². The van der Waals surface area contributed by atoms with Gasteiger partial charge < -0.3 is 5.32 Å². The zero-order valence-electron chi connectivity index (χ0n) is 5.97. The largest absolute Gasteiger partial charge is 0.336 e. The van der Waals surface area contributed by atoms with Crippen molar-refractivity contribution in [2.75, 3.05) is 0 Å². The Morgan fingerprint density at radius 2 is 2.10 bits per heavy atom. The maximum atomic E-state index is 10.6. The van der Waals surface area contributed by atoms with Crippen molar-refractivity contribution in [2.45, 2.75) is 31.7 Å². The molecule has 1 fully saturated rings. The van der Waals surface area contributed by atoms with Crippen LogP contribution in [0.4, 0.5) is 4.79 Å². The molecule has 2 radical (unpaired) electrons. The predicted molar refractivity (Wildman–Crippen MR) is 38.3 cm³/mol. The minimum absolute atomic E-state index is 0.266. The smallest absolute Gasteiger partial charge is 0.335 e. The number of nitrogens with zero attached hydrogens (tertiary/aromatic N) is 1. The minimum atomic E-state index is -0.285. The normalized spacial score (nSPS) is 18.9. The average molecular weight is 140 g/mol. The van der Waals surface area contributed by atoms with Gasteiger partial charge in [-0.15, -0.1) is 0 Å². The number of hydrogen-bond donors (Lipinski definition) is 1. The summed E-state index contributed by atoms with van der Waals surface area (Å²) in [7, 11) is 3.23. The van der Waals surface area contributed by atoms with Crippen molar-refractivity contribution in [3.05, 3.63) is 7.05 Å². The Kier molecular flexibility index (Phi) is 2.54. The highest BCUT2D eigenvalue weighted by Crippen LogP contribution is 2.18. The van der Waals surface area contributed by atoms with E-state index in [2.05, 4.69) is 17.7 Å². The fourth-order valence-electron chi connectivity index (χ4n) is 1.24. The van der Waals surface area contributed by atoms with Crippen LogP contribution in [0, 0.1) is 7.05 Å². The fraction of sp³-hybridized carbons (Fsp3) is 0.714. The Morgan fingerprint density at radius 3 is 2.60 bits per heavy atom. The Labute approximate surface area is 61.2 Å². The average Bonchev–Trinajstić information content (AvgIpc) is 2.40. The molecule has 2 amide bonds. The van der Waals surface area contributed by atoms with Gasteiger partial charge in [-0.1, -0.05) is 12.8 Å². The summed E-state index contributed by atoms with van der Waals surface area (Å²) >= 11 is 0. The fourth-order valence-corrected chi connectivity index (χ4v) is 1.24. The molecule has 0 aromatic rings. The quantitative estimate of drug-likeness (QED) is 0.581. The van der Waals surface area contributed by atoms with E-state index in [1.165, 1.54) is 12.8 Å². The number of hydrogen-bond acceptors (Lipinski definition) is 1. The molecule has 0 aliphatic heterocycles. The van der Waals surface area contributed by atoms with Gasteiger partial charge in [-0.25, -0.2) is 10.1 Å². The first-order valence-electron chi connectivity index (χ1n) is 3.61. The van der Waals surface area contributed by atoms with E-state index in [0.29, 0.717) is 0 Å². The molecule has 10 heavy (non-hydrogen) atoms. The molecule has 1 aliphatic carbocycles. The van der Waals surface area contributed by atoms with Crippen molar-refractivity contribution in [3.63, 3.8) is 0 Å². The van der Waals surface area contributed by atoms with E-state index >= 15 is 0 Å². The molecule has 56 valence electrons. The highest BCUT2D eigenvalue weighted by atomic mass is 16.2. The monoisotopic (exact) mass is 140 g/mol. The van der Waals surface area contributed by atoms with Crippen molar-refractivity contribution in [1.29, 1.82) is 0 Å². The lowest BCUT2D eigenvalue weighted by molar-refractivity contribution is 0.239.